The van der Waals surface area contributed by atoms with Gasteiger partial charge in [0.15, 0.2) is 5.82 Å². The van der Waals surface area contributed by atoms with E-state index in [2.05, 4.69) is 19.8 Å². The van der Waals surface area contributed by atoms with Crippen LogP contribution >= 0.6 is 11.5 Å². The first kappa shape index (κ1) is 19.7. The molecule has 0 atom stereocenters. The second-order valence-corrected chi connectivity index (χ2v) is 7.64. The summed E-state index contributed by atoms with van der Waals surface area (Å²) in [5, 5.41) is 7.79. The molecule has 30 heavy (non-hydrogen) atoms. The number of ketones is 1. The van der Waals surface area contributed by atoms with Gasteiger partial charge in [-0.3, -0.25) is 14.9 Å². The number of para-hydroxylation sites is 1. The monoisotopic (exact) mass is 417 g/mol. The first-order valence-corrected chi connectivity index (χ1v) is 10.1. The van der Waals surface area contributed by atoms with E-state index in [1.807, 2.05) is 61.5 Å². The number of carbonyl (C=O) groups is 2. The summed E-state index contributed by atoms with van der Waals surface area (Å²) in [6, 6.07) is 17.5. The number of anilines is 1. The summed E-state index contributed by atoms with van der Waals surface area (Å²) in [6.45, 7) is 3.49. The van der Waals surface area contributed by atoms with Crippen molar-refractivity contribution in [2.45, 2.75) is 20.3 Å². The largest absolute Gasteiger partial charge is 0.300 e. The highest BCUT2D eigenvalue weighted by atomic mass is 32.1. The summed E-state index contributed by atoms with van der Waals surface area (Å²) < 4.78 is 5.81. The van der Waals surface area contributed by atoms with E-state index in [0.717, 1.165) is 28.3 Å². The zero-order valence-corrected chi connectivity index (χ0v) is 17.3. The molecule has 2 aromatic heterocycles. The van der Waals surface area contributed by atoms with E-state index in [-0.39, 0.29) is 18.1 Å². The predicted molar refractivity (Wildman–Crippen MR) is 116 cm³/mol. The third kappa shape index (κ3) is 4.33. The van der Waals surface area contributed by atoms with Crippen molar-refractivity contribution >= 4 is 28.4 Å². The molecule has 0 fully saturated rings. The van der Waals surface area contributed by atoms with Crippen LogP contribution in [0.2, 0.25) is 0 Å². The summed E-state index contributed by atoms with van der Waals surface area (Å²) in [4.78, 5) is 28.5. The second-order valence-electron chi connectivity index (χ2n) is 6.89. The van der Waals surface area contributed by atoms with E-state index < -0.39 is 0 Å². The van der Waals surface area contributed by atoms with Crippen molar-refractivity contribution in [3.63, 3.8) is 0 Å². The van der Waals surface area contributed by atoms with Crippen molar-refractivity contribution < 1.29 is 9.59 Å². The van der Waals surface area contributed by atoms with Crippen molar-refractivity contribution in [1.29, 1.82) is 0 Å². The van der Waals surface area contributed by atoms with Crippen molar-refractivity contribution in [1.82, 2.24) is 19.1 Å². The highest BCUT2D eigenvalue weighted by Gasteiger charge is 2.20. The minimum atomic E-state index is -0.335. The highest BCUT2D eigenvalue weighted by Crippen LogP contribution is 2.25. The fourth-order valence-electron chi connectivity index (χ4n) is 2.94. The van der Waals surface area contributed by atoms with Gasteiger partial charge >= 0.3 is 0 Å². The predicted octanol–water partition coefficient (Wildman–Crippen LogP) is 4.08. The summed E-state index contributed by atoms with van der Waals surface area (Å²) in [5.41, 5.74) is 3.81. The van der Waals surface area contributed by atoms with Gasteiger partial charge in [-0.25, -0.2) is 9.67 Å². The maximum absolute atomic E-state index is 13.1. The normalized spacial score (nSPS) is 10.7. The Morgan fingerprint density at radius 1 is 1.07 bits per heavy atom. The summed E-state index contributed by atoms with van der Waals surface area (Å²) in [7, 11) is 0. The van der Waals surface area contributed by atoms with Crippen LogP contribution in [0, 0.1) is 6.92 Å². The number of benzene rings is 2. The van der Waals surface area contributed by atoms with Crippen LogP contribution in [-0.4, -0.2) is 30.8 Å². The summed E-state index contributed by atoms with van der Waals surface area (Å²) in [6.07, 6.45) is 1.85. The van der Waals surface area contributed by atoms with Crippen LogP contribution in [0.3, 0.4) is 0 Å². The zero-order valence-electron chi connectivity index (χ0n) is 16.5. The standard InChI is InChI=1S/C22H19N5O2S/c1-14-8-10-16(11-9-14)20-18(13-27(25-20)17-6-4-3-5-7-17)21(29)24-22-23-19(26-30-22)12-15(2)28/h3-11,13H,12H2,1-2H3,(H,23,24,26,29). The molecule has 7 nitrogen and oxygen atoms in total. The van der Waals surface area contributed by atoms with E-state index >= 15 is 0 Å². The number of nitrogens with zero attached hydrogens (tertiary/aromatic N) is 4. The lowest BCUT2D eigenvalue weighted by atomic mass is 10.1. The van der Waals surface area contributed by atoms with Gasteiger partial charge in [0.2, 0.25) is 5.13 Å². The zero-order chi connectivity index (χ0) is 21.1. The average molecular weight is 417 g/mol. The fraction of sp³-hybridized carbons (Fsp3) is 0.136. The number of aromatic nitrogens is 4. The average Bonchev–Trinajstić information content (AvgIpc) is 3.36. The SMILES string of the molecule is CC(=O)Cc1nsc(NC(=O)c2cn(-c3ccccc3)nc2-c2ccc(C)cc2)n1. The van der Waals surface area contributed by atoms with Gasteiger partial charge in [0.1, 0.15) is 11.5 Å². The molecule has 0 saturated heterocycles. The van der Waals surface area contributed by atoms with E-state index in [1.165, 1.54) is 6.92 Å². The van der Waals surface area contributed by atoms with E-state index in [0.29, 0.717) is 22.2 Å². The molecule has 1 N–H and O–H groups in total. The second kappa shape index (κ2) is 8.38. The molecule has 0 aliphatic heterocycles. The molecule has 1 amide bonds. The number of aryl methyl sites for hydroxylation is 1. The van der Waals surface area contributed by atoms with Crippen molar-refractivity contribution in [3.8, 4) is 16.9 Å². The fourth-order valence-corrected chi connectivity index (χ4v) is 3.52. The molecular weight excluding hydrogens is 398 g/mol. The Morgan fingerprint density at radius 2 is 1.80 bits per heavy atom. The molecule has 0 aliphatic carbocycles. The third-order valence-electron chi connectivity index (χ3n) is 4.40. The Bertz CT molecular complexity index is 1200. The van der Waals surface area contributed by atoms with Crippen molar-refractivity contribution in [2.24, 2.45) is 0 Å². The van der Waals surface area contributed by atoms with Gasteiger partial charge in [-0.1, -0.05) is 48.0 Å². The lowest BCUT2D eigenvalue weighted by molar-refractivity contribution is -0.116. The molecule has 8 heteroatoms. The number of hydrogen-bond acceptors (Lipinski definition) is 6. The first-order valence-electron chi connectivity index (χ1n) is 9.35. The summed E-state index contributed by atoms with van der Waals surface area (Å²) in [5.74, 6) is 0.0382. The smallest absolute Gasteiger partial charge is 0.261 e. The van der Waals surface area contributed by atoms with Crippen LogP contribution in [0.1, 0.15) is 28.7 Å². The van der Waals surface area contributed by atoms with Crippen LogP contribution in [0.5, 0.6) is 0 Å². The van der Waals surface area contributed by atoms with Gasteiger partial charge in [-0.2, -0.15) is 9.47 Å². The van der Waals surface area contributed by atoms with Gasteiger partial charge in [0, 0.05) is 23.3 Å². The van der Waals surface area contributed by atoms with Crippen LogP contribution in [-0.2, 0) is 11.2 Å². The Morgan fingerprint density at radius 3 is 2.50 bits per heavy atom. The molecule has 0 spiro atoms. The lowest BCUT2D eigenvalue weighted by Gasteiger charge is -2.03. The Labute approximate surface area is 177 Å². The van der Waals surface area contributed by atoms with Crippen molar-refractivity contribution in [3.05, 3.63) is 77.7 Å². The first-order chi connectivity index (χ1) is 14.5. The Kier molecular flexibility index (Phi) is 5.49. The number of carbonyl (C=O) groups excluding carboxylic acids is 2. The molecule has 0 bridgehead atoms. The van der Waals surface area contributed by atoms with Crippen LogP contribution in [0.15, 0.2) is 60.8 Å². The highest BCUT2D eigenvalue weighted by molar-refractivity contribution is 7.09. The molecule has 2 aromatic carbocycles. The summed E-state index contributed by atoms with van der Waals surface area (Å²) >= 11 is 1.05. The minimum Gasteiger partial charge on any atom is -0.300 e. The van der Waals surface area contributed by atoms with Gasteiger partial charge in [-0.15, -0.1) is 0 Å². The molecule has 0 unspecified atom stereocenters. The maximum atomic E-state index is 13.1. The molecule has 150 valence electrons. The molecule has 4 aromatic rings. The topological polar surface area (TPSA) is 89.8 Å². The number of hydrogen-bond donors (Lipinski definition) is 1. The van der Waals surface area contributed by atoms with Gasteiger partial charge < -0.3 is 0 Å². The molecule has 0 radical (unpaired) electrons. The van der Waals surface area contributed by atoms with E-state index in [4.69, 9.17) is 0 Å². The van der Waals surface area contributed by atoms with Gasteiger partial charge in [0.05, 0.1) is 17.7 Å². The third-order valence-corrected chi connectivity index (χ3v) is 5.07. The molecule has 2 heterocycles. The number of Topliss-reactive ketones (excluding diaryl/α,β-unsaturated/α-hetero) is 1. The van der Waals surface area contributed by atoms with E-state index in [9.17, 15) is 9.59 Å². The van der Waals surface area contributed by atoms with Gasteiger partial charge in [-0.05, 0) is 26.0 Å². The lowest BCUT2D eigenvalue weighted by Crippen LogP contribution is -2.12. The minimum absolute atomic E-state index is 0.0310. The number of rotatable bonds is 6. The van der Waals surface area contributed by atoms with Crippen LogP contribution in [0.4, 0.5) is 5.13 Å². The Hall–Kier alpha value is -3.65. The van der Waals surface area contributed by atoms with Gasteiger partial charge in [0.25, 0.3) is 5.91 Å². The van der Waals surface area contributed by atoms with E-state index in [1.54, 1.807) is 10.9 Å². The Balaban J connectivity index is 1.69. The quantitative estimate of drug-likeness (QED) is 0.510. The molecule has 0 saturated carbocycles. The van der Waals surface area contributed by atoms with Crippen LogP contribution < -0.4 is 5.32 Å². The molecular formula is C22H19N5O2S. The molecule has 4 rings (SSSR count). The molecule has 0 aliphatic rings. The van der Waals surface area contributed by atoms with Crippen LogP contribution in [0.25, 0.3) is 16.9 Å². The number of nitrogens with one attached hydrogen (secondary N) is 1. The maximum Gasteiger partial charge on any atom is 0.261 e. The van der Waals surface area contributed by atoms with Crippen molar-refractivity contribution in [2.75, 3.05) is 5.32 Å². The number of amides is 1.